The van der Waals surface area contributed by atoms with E-state index in [1.54, 1.807) is 6.92 Å². The number of benzene rings is 2. The molecule has 2 rings (SSSR count). The van der Waals surface area contributed by atoms with Gasteiger partial charge in [-0.05, 0) is 42.3 Å². The van der Waals surface area contributed by atoms with E-state index in [0.29, 0.717) is 23.7 Å². The minimum Gasteiger partial charge on any atom is -0.457 e. The zero-order chi connectivity index (χ0) is 24.2. The second-order valence-corrected chi connectivity index (χ2v) is 6.92. The fourth-order valence-corrected chi connectivity index (χ4v) is 3.15. The minimum absolute atomic E-state index is 0.0641. The number of ether oxygens (including phenoxy) is 3. The first-order valence-electron chi connectivity index (χ1n) is 9.48. The Morgan fingerprint density at radius 3 is 2.12 bits per heavy atom. The number of anilines is 1. The summed E-state index contributed by atoms with van der Waals surface area (Å²) in [7, 11) is 0.921. The van der Waals surface area contributed by atoms with E-state index in [4.69, 9.17) is 10.5 Å². The summed E-state index contributed by atoms with van der Waals surface area (Å²) in [6.07, 6.45) is -11.1. The summed E-state index contributed by atoms with van der Waals surface area (Å²) in [6, 6.07) is 6.82. The number of nitrogen functional groups attached to an aromatic ring is 1. The fourth-order valence-electron chi connectivity index (χ4n) is 3.15. The maximum atomic E-state index is 13.8. The van der Waals surface area contributed by atoms with Gasteiger partial charge in [0.15, 0.2) is 0 Å². The van der Waals surface area contributed by atoms with Crippen LogP contribution < -0.4 is 10.5 Å². The largest absolute Gasteiger partial charge is 0.457 e. The lowest BCUT2D eigenvalue weighted by atomic mass is 9.89. The number of hydrogen-bond acceptors (Lipinski definition) is 5. The van der Waals surface area contributed by atoms with Crippen molar-refractivity contribution < 1.29 is 45.7 Å². The first-order valence-corrected chi connectivity index (χ1v) is 9.48. The number of aryl methyl sites for hydroxylation is 1. The molecule has 2 aromatic rings. The maximum absolute atomic E-state index is 13.8. The Labute approximate surface area is 180 Å². The standard InChI is InChI=1S/C21H23F6NO4/c1-3-4-13-9-15(19(20(22,23)24,21(25,26)27)31-12-30-2)5-8-18(13)32-16-6-7-17(28)14(10-16)11-29/h5-10,29H,3-4,11-12,28H2,1-2H3. The third-order valence-corrected chi connectivity index (χ3v) is 4.69. The zero-order valence-electron chi connectivity index (χ0n) is 17.3. The van der Waals surface area contributed by atoms with Crippen molar-refractivity contribution in [2.24, 2.45) is 0 Å². The van der Waals surface area contributed by atoms with Crippen molar-refractivity contribution in [2.45, 2.75) is 44.3 Å². The van der Waals surface area contributed by atoms with Gasteiger partial charge in [0.2, 0.25) is 0 Å². The highest BCUT2D eigenvalue weighted by Crippen LogP contribution is 2.53. The van der Waals surface area contributed by atoms with Gasteiger partial charge < -0.3 is 25.1 Å². The summed E-state index contributed by atoms with van der Waals surface area (Å²) >= 11 is 0. The lowest BCUT2D eigenvalue weighted by Crippen LogP contribution is -2.56. The third-order valence-electron chi connectivity index (χ3n) is 4.69. The van der Waals surface area contributed by atoms with E-state index in [2.05, 4.69) is 9.47 Å². The van der Waals surface area contributed by atoms with Crippen LogP contribution in [-0.4, -0.2) is 31.4 Å². The van der Waals surface area contributed by atoms with Crippen LogP contribution in [0.2, 0.25) is 0 Å². The molecule has 0 bridgehead atoms. The highest BCUT2D eigenvalue weighted by molar-refractivity contribution is 5.51. The van der Waals surface area contributed by atoms with E-state index in [9.17, 15) is 31.4 Å². The number of hydrogen-bond donors (Lipinski definition) is 2. The molecule has 3 N–H and O–H groups in total. The summed E-state index contributed by atoms with van der Waals surface area (Å²) in [5.74, 6) is 0.274. The minimum atomic E-state index is -5.82. The number of nitrogens with two attached hydrogens (primary N) is 1. The quantitative estimate of drug-likeness (QED) is 0.292. The second-order valence-electron chi connectivity index (χ2n) is 6.92. The molecule has 0 saturated carbocycles. The van der Waals surface area contributed by atoms with E-state index in [0.717, 1.165) is 19.2 Å². The molecule has 0 fully saturated rings. The number of aliphatic hydroxyl groups is 1. The highest BCUT2D eigenvalue weighted by Gasteiger charge is 2.73. The average Bonchev–Trinajstić information content (AvgIpc) is 2.69. The first kappa shape index (κ1) is 25.8. The van der Waals surface area contributed by atoms with Crippen molar-refractivity contribution in [1.29, 1.82) is 0 Å². The Bertz CT molecular complexity index is 900. The van der Waals surface area contributed by atoms with E-state index in [1.807, 2.05) is 0 Å². The molecule has 0 aliphatic rings. The van der Waals surface area contributed by atoms with Crippen molar-refractivity contribution in [3.63, 3.8) is 0 Å². The molecule has 11 heteroatoms. The van der Waals surface area contributed by atoms with E-state index in [-0.39, 0.29) is 30.1 Å². The van der Waals surface area contributed by atoms with Crippen LogP contribution in [0.4, 0.5) is 32.0 Å². The average molecular weight is 467 g/mol. The molecule has 0 heterocycles. The monoisotopic (exact) mass is 467 g/mol. The predicted molar refractivity (Wildman–Crippen MR) is 104 cm³/mol. The van der Waals surface area contributed by atoms with Crippen LogP contribution in [0.15, 0.2) is 36.4 Å². The maximum Gasteiger partial charge on any atom is 0.430 e. The summed E-state index contributed by atoms with van der Waals surface area (Å²) < 4.78 is 97.1. The highest BCUT2D eigenvalue weighted by atomic mass is 19.4. The molecule has 2 aromatic carbocycles. The van der Waals surface area contributed by atoms with Crippen molar-refractivity contribution >= 4 is 5.69 Å². The van der Waals surface area contributed by atoms with E-state index in [1.165, 1.54) is 18.2 Å². The molecule has 0 radical (unpaired) electrons. The first-order chi connectivity index (χ1) is 14.9. The van der Waals surface area contributed by atoms with Crippen LogP contribution >= 0.6 is 0 Å². The summed E-state index contributed by atoms with van der Waals surface area (Å²) in [5.41, 5.74) is 0.767. The van der Waals surface area contributed by atoms with Gasteiger partial charge in [0.1, 0.15) is 18.3 Å². The lowest BCUT2D eigenvalue weighted by Gasteiger charge is -2.37. The number of halogens is 6. The molecule has 0 aliphatic heterocycles. The zero-order valence-corrected chi connectivity index (χ0v) is 17.3. The van der Waals surface area contributed by atoms with Crippen molar-refractivity contribution in [3.8, 4) is 11.5 Å². The Morgan fingerprint density at radius 1 is 0.938 bits per heavy atom. The summed E-state index contributed by atoms with van der Waals surface area (Å²) in [5, 5.41) is 9.32. The molecule has 0 aliphatic carbocycles. The van der Waals surface area contributed by atoms with Crippen LogP contribution in [0, 0.1) is 0 Å². The number of rotatable bonds is 9. The van der Waals surface area contributed by atoms with Gasteiger partial charge in [-0.3, -0.25) is 0 Å². The van der Waals surface area contributed by atoms with Crippen LogP contribution in [0.5, 0.6) is 11.5 Å². The summed E-state index contributed by atoms with van der Waals surface area (Å²) in [6.45, 7) is 0.113. The number of aliphatic hydroxyl groups excluding tert-OH is 1. The molecule has 0 aromatic heterocycles. The van der Waals surface area contributed by atoms with Crippen molar-refractivity contribution in [2.75, 3.05) is 19.6 Å². The Morgan fingerprint density at radius 2 is 1.59 bits per heavy atom. The van der Waals surface area contributed by atoms with Crippen molar-refractivity contribution in [1.82, 2.24) is 0 Å². The number of alkyl halides is 6. The van der Waals surface area contributed by atoms with E-state index < -0.39 is 30.3 Å². The lowest BCUT2D eigenvalue weighted by molar-refractivity contribution is -0.400. The fraction of sp³-hybridized carbons (Fsp3) is 0.429. The second kappa shape index (κ2) is 9.97. The molecule has 0 saturated heterocycles. The molecule has 0 unspecified atom stereocenters. The van der Waals surface area contributed by atoms with Gasteiger partial charge in [-0.15, -0.1) is 0 Å². The Kier molecular flexibility index (Phi) is 8.02. The summed E-state index contributed by atoms with van der Waals surface area (Å²) in [4.78, 5) is 0. The smallest absolute Gasteiger partial charge is 0.430 e. The van der Waals surface area contributed by atoms with Gasteiger partial charge in [-0.2, -0.15) is 26.3 Å². The molecular weight excluding hydrogens is 444 g/mol. The molecule has 5 nitrogen and oxygen atoms in total. The molecule has 0 atom stereocenters. The normalized spacial score (nSPS) is 12.8. The van der Waals surface area contributed by atoms with Crippen LogP contribution in [0.3, 0.4) is 0 Å². The molecule has 0 spiro atoms. The molecule has 32 heavy (non-hydrogen) atoms. The predicted octanol–water partition coefficient (Wildman–Crippen LogP) is 5.45. The molecule has 0 amide bonds. The number of methoxy groups -OCH3 is 1. The van der Waals surface area contributed by atoms with Gasteiger partial charge >= 0.3 is 12.4 Å². The van der Waals surface area contributed by atoms with Crippen LogP contribution in [0.25, 0.3) is 0 Å². The third kappa shape index (κ3) is 5.11. The SMILES string of the molecule is CCCc1cc(C(OCOC)(C(F)(F)F)C(F)(F)F)ccc1Oc1ccc(N)c(CO)c1. The van der Waals surface area contributed by atoms with Gasteiger partial charge in [-0.25, -0.2) is 0 Å². The van der Waals surface area contributed by atoms with Gasteiger partial charge in [0.05, 0.1) is 6.61 Å². The van der Waals surface area contributed by atoms with Crippen LogP contribution in [-0.2, 0) is 28.1 Å². The van der Waals surface area contributed by atoms with E-state index >= 15 is 0 Å². The Balaban J connectivity index is 2.60. The van der Waals surface area contributed by atoms with Crippen LogP contribution in [0.1, 0.15) is 30.0 Å². The Hall–Kier alpha value is -2.50. The van der Waals surface area contributed by atoms with Gasteiger partial charge in [0, 0.05) is 23.9 Å². The van der Waals surface area contributed by atoms with Crippen molar-refractivity contribution in [3.05, 3.63) is 53.1 Å². The molecular formula is C21H23F6NO4. The molecule has 178 valence electrons. The van der Waals surface area contributed by atoms with Gasteiger partial charge in [-0.1, -0.05) is 19.4 Å². The van der Waals surface area contributed by atoms with Gasteiger partial charge in [0.25, 0.3) is 5.60 Å². The topological polar surface area (TPSA) is 73.9 Å².